The molecule has 4 nitrogen and oxygen atoms in total. The fourth-order valence-corrected chi connectivity index (χ4v) is 2.15. The van der Waals surface area contributed by atoms with Gasteiger partial charge in [0.2, 0.25) is 5.91 Å². The number of benzene rings is 1. The van der Waals surface area contributed by atoms with Crippen LogP contribution in [0, 0.1) is 0 Å². The summed E-state index contributed by atoms with van der Waals surface area (Å²) in [5.41, 5.74) is 0.816. The minimum absolute atomic E-state index is 0.131. The Bertz CT molecular complexity index is 649. The maximum Gasteiger partial charge on any atom is 0.393 e. The Morgan fingerprint density at radius 2 is 2.14 bits per heavy atom. The Morgan fingerprint density at radius 1 is 1.36 bits per heavy atom. The molecule has 0 atom stereocenters. The van der Waals surface area contributed by atoms with Crippen LogP contribution in [0.25, 0.3) is 11.4 Å². The van der Waals surface area contributed by atoms with Gasteiger partial charge in [0.15, 0.2) is 0 Å². The van der Waals surface area contributed by atoms with E-state index in [1.807, 2.05) is 0 Å². The number of rotatable bonds is 5. The molecule has 22 heavy (non-hydrogen) atoms. The van der Waals surface area contributed by atoms with Gasteiger partial charge in [-0.3, -0.25) is 4.79 Å². The molecule has 1 amide bonds. The summed E-state index contributed by atoms with van der Waals surface area (Å²) in [4.78, 5) is 15.1. The maximum atomic E-state index is 12.5. The number of amides is 1. The van der Waals surface area contributed by atoms with Crippen LogP contribution in [0.3, 0.4) is 0 Å². The van der Waals surface area contributed by atoms with E-state index < -0.39 is 12.6 Å². The summed E-state index contributed by atoms with van der Waals surface area (Å²) in [6, 6.07) is 6.24. The van der Waals surface area contributed by atoms with E-state index in [0.717, 1.165) is 0 Å². The van der Waals surface area contributed by atoms with Gasteiger partial charge in [0.25, 0.3) is 0 Å². The number of halogens is 3. The zero-order valence-electron chi connectivity index (χ0n) is 12.0. The Kier molecular flexibility index (Phi) is 4.85. The molecule has 0 saturated heterocycles. The van der Waals surface area contributed by atoms with Crippen LogP contribution >= 0.6 is 0 Å². The third kappa shape index (κ3) is 4.61. The van der Waals surface area contributed by atoms with Gasteiger partial charge in [-0.2, -0.15) is 13.2 Å². The van der Waals surface area contributed by atoms with Crippen molar-refractivity contribution in [2.45, 2.75) is 26.1 Å². The molecule has 0 unspecified atom stereocenters. The Hall–Kier alpha value is -2.31. The third-order valence-corrected chi connectivity index (χ3v) is 3.03. The summed E-state index contributed by atoms with van der Waals surface area (Å²) >= 11 is 0. The zero-order valence-corrected chi connectivity index (χ0v) is 12.0. The van der Waals surface area contributed by atoms with Gasteiger partial charge in [0, 0.05) is 38.0 Å². The number of alkyl halides is 3. The fourth-order valence-electron chi connectivity index (χ4n) is 2.15. The monoisotopic (exact) mass is 311 g/mol. The van der Waals surface area contributed by atoms with Crippen LogP contribution < -0.4 is 5.32 Å². The second kappa shape index (κ2) is 6.64. The highest BCUT2D eigenvalue weighted by Crippen LogP contribution is 2.24. The first-order chi connectivity index (χ1) is 10.3. The molecule has 0 saturated carbocycles. The number of hydrogen-bond acceptors (Lipinski definition) is 2. The normalized spacial score (nSPS) is 11.5. The van der Waals surface area contributed by atoms with Crippen molar-refractivity contribution in [3.8, 4) is 11.4 Å². The highest BCUT2D eigenvalue weighted by atomic mass is 19.4. The molecule has 1 aromatic heterocycles. The molecule has 0 fully saturated rings. The summed E-state index contributed by atoms with van der Waals surface area (Å²) in [6.07, 6.45) is -1.89. The van der Waals surface area contributed by atoms with Crippen molar-refractivity contribution in [2.24, 2.45) is 0 Å². The minimum Gasteiger partial charge on any atom is -0.355 e. The largest absolute Gasteiger partial charge is 0.393 e. The molecule has 0 bridgehead atoms. The van der Waals surface area contributed by atoms with E-state index in [9.17, 15) is 18.0 Å². The molecule has 1 heterocycles. The van der Waals surface area contributed by atoms with Gasteiger partial charge < -0.3 is 9.88 Å². The number of carbonyl (C=O) groups excluding carboxylic acids is 1. The van der Waals surface area contributed by atoms with E-state index in [2.05, 4.69) is 10.3 Å². The van der Waals surface area contributed by atoms with Crippen LogP contribution in [-0.2, 0) is 17.8 Å². The van der Waals surface area contributed by atoms with Gasteiger partial charge in [-0.05, 0) is 11.6 Å². The number of nitrogens with one attached hydrogen (secondary N) is 1. The molecule has 1 N–H and O–H groups in total. The molecule has 0 aliphatic carbocycles. The number of carbonyl (C=O) groups is 1. The van der Waals surface area contributed by atoms with Crippen molar-refractivity contribution in [3.05, 3.63) is 42.2 Å². The van der Waals surface area contributed by atoms with E-state index in [1.165, 1.54) is 19.1 Å². The highest BCUT2D eigenvalue weighted by molar-refractivity contribution is 5.72. The summed E-state index contributed by atoms with van der Waals surface area (Å²) in [7, 11) is 0. The lowest BCUT2D eigenvalue weighted by Gasteiger charge is -2.10. The molecule has 0 radical (unpaired) electrons. The van der Waals surface area contributed by atoms with Crippen LogP contribution in [0.2, 0.25) is 0 Å². The Morgan fingerprint density at radius 3 is 2.82 bits per heavy atom. The van der Waals surface area contributed by atoms with Crippen molar-refractivity contribution >= 4 is 5.91 Å². The van der Waals surface area contributed by atoms with E-state index >= 15 is 0 Å². The molecule has 118 valence electrons. The van der Waals surface area contributed by atoms with Gasteiger partial charge in [-0.1, -0.05) is 18.2 Å². The fraction of sp³-hybridized carbons (Fsp3) is 0.333. The van der Waals surface area contributed by atoms with Crippen molar-refractivity contribution in [2.75, 3.05) is 6.54 Å². The lowest BCUT2D eigenvalue weighted by atomic mass is 10.1. The molecular weight excluding hydrogens is 295 g/mol. The number of aromatic nitrogens is 2. The third-order valence-electron chi connectivity index (χ3n) is 3.03. The molecule has 1 aromatic carbocycles. The summed E-state index contributed by atoms with van der Waals surface area (Å²) in [5.74, 6) is 0.447. The smallest absolute Gasteiger partial charge is 0.355 e. The van der Waals surface area contributed by atoms with E-state index in [1.54, 1.807) is 29.1 Å². The first-order valence-electron chi connectivity index (χ1n) is 6.77. The summed E-state index contributed by atoms with van der Waals surface area (Å²) in [6.45, 7) is 2.36. The highest BCUT2D eigenvalue weighted by Gasteiger charge is 2.27. The van der Waals surface area contributed by atoms with Crippen molar-refractivity contribution in [3.63, 3.8) is 0 Å². The van der Waals surface area contributed by atoms with Gasteiger partial charge in [-0.25, -0.2) is 4.98 Å². The average Bonchev–Trinajstić information content (AvgIpc) is 2.85. The van der Waals surface area contributed by atoms with Crippen molar-refractivity contribution < 1.29 is 18.0 Å². The summed E-state index contributed by atoms with van der Waals surface area (Å²) < 4.78 is 39.2. The SMILES string of the molecule is CC(=O)NCCn1ccnc1-c1cccc(CC(F)(F)F)c1. The van der Waals surface area contributed by atoms with Gasteiger partial charge >= 0.3 is 6.18 Å². The summed E-state index contributed by atoms with van der Waals surface area (Å²) in [5, 5.41) is 2.67. The maximum absolute atomic E-state index is 12.5. The molecule has 2 rings (SSSR count). The lowest BCUT2D eigenvalue weighted by molar-refractivity contribution is -0.127. The number of imidazole rings is 1. The molecule has 0 aliphatic heterocycles. The molecule has 0 spiro atoms. The standard InChI is InChI=1S/C15H16F3N3O/c1-11(22)19-5-7-21-8-6-20-14(21)13-4-2-3-12(9-13)10-15(16,17)18/h2-4,6,8-9H,5,7,10H2,1H3,(H,19,22). The molecule has 2 aromatic rings. The minimum atomic E-state index is -4.24. The topological polar surface area (TPSA) is 46.9 Å². The zero-order chi connectivity index (χ0) is 16.2. The van der Waals surface area contributed by atoms with Crippen LogP contribution in [-0.4, -0.2) is 28.2 Å². The van der Waals surface area contributed by atoms with Gasteiger partial charge in [0.1, 0.15) is 5.82 Å². The van der Waals surface area contributed by atoms with Crippen LogP contribution in [0.4, 0.5) is 13.2 Å². The van der Waals surface area contributed by atoms with Crippen LogP contribution in [0.15, 0.2) is 36.7 Å². The Balaban J connectivity index is 2.16. The van der Waals surface area contributed by atoms with E-state index in [0.29, 0.717) is 24.5 Å². The number of hydrogen-bond donors (Lipinski definition) is 1. The average molecular weight is 311 g/mol. The van der Waals surface area contributed by atoms with Gasteiger partial charge in [-0.15, -0.1) is 0 Å². The molecule has 0 aliphatic rings. The van der Waals surface area contributed by atoms with Crippen LogP contribution in [0.5, 0.6) is 0 Å². The quantitative estimate of drug-likeness (QED) is 0.923. The van der Waals surface area contributed by atoms with E-state index in [-0.39, 0.29) is 11.5 Å². The van der Waals surface area contributed by atoms with Gasteiger partial charge in [0.05, 0.1) is 6.42 Å². The Labute approximate surface area is 126 Å². The van der Waals surface area contributed by atoms with Crippen LogP contribution in [0.1, 0.15) is 12.5 Å². The first-order valence-corrected chi connectivity index (χ1v) is 6.77. The van der Waals surface area contributed by atoms with Crippen molar-refractivity contribution in [1.82, 2.24) is 14.9 Å². The molecular formula is C15H16F3N3O. The first kappa shape index (κ1) is 16.1. The lowest BCUT2D eigenvalue weighted by Crippen LogP contribution is -2.24. The van der Waals surface area contributed by atoms with Crippen molar-refractivity contribution in [1.29, 1.82) is 0 Å². The predicted molar refractivity (Wildman–Crippen MR) is 76.1 cm³/mol. The number of nitrogens with zero attached hydrogens (tertiary/aromatic N) is 2. The second-order valence-corrected chi connectivity index (χ2v) is 4.92. The second-order valence-electron chi connectivity index (χ2n) is 4.92. The predicted octanol–water partition coefficient (Wildman–Crippen LogP) is 2.79. The molecule has 7 heteroatoms. The van der Waals surface area contributed by atoms with E-state index in [4.69, 9.17) is 0 Å².